The van der Waals surface area contributed by atoms with Crippen LogP contribution in [0.25, 0.3) is 0 Å². The average molecular weight is 393 g/mol. The minimum atomic E-state index is -0.628. The number of benzene rings is 1. The van der Waals surface area contributed by atoms with Gasteiger partial charge in [-0.25, -0.2) is 4.79 Å². The van der Waals surface area contributed by atoms with E-state index in [0.29, 0.717) is 10.8 Å². The Kier molecular flexibility index (Phi) is 8.27. The quantitative estimate of drug-likeness (QED) is 0.689. The highest BCUT2D eigenvalue weighted by molar-refractivity contribution is 9.10. The van der Waals surface area contributed by atoms with Crippen molar-refractivity contribution in [3.8, 4) is 5.75 Å². The lowest BCUT2D eigenvalue weighted by atomic mass is 10.2. The normalized spacial score (nSPS) is 11.6. The third-order valence-electron chi connectivity index (χ3n) is 2.73. The molecule has 1 amide bonds. The minimum Gasteiger partial charge on any atom is -0.480 e. The van der Waals surface area contributed by atoms with Gasteiger partial charge in [-0.15, -0.1) is 0 Å². The third kappa shape index (κ3) is 7.13. The van der Waals surface area contributed by atoms with Crippen molar-refractivity contribution in [3.63, 3.8) is 0 Å². The summed E-state index contributed by atoms with van der Waals surface area (Å²) in [5.41, 5.74) is 0. The third-order valence-corrected chi connectivity index (χ3v) is 3.52. The lowest BCUT2D eigenvalue weighted by Crippen LogP contribution is -2.36. The number of hydrogen-bond donors (Lipinski definition) is 1. The molecule has 0 aliphatic rings. The highest BCUT2D eigenvalue weighted by Gasteiger charge is 2.11. The van der Waals surface area contributed by atoms with Crippen molar-refractivity contribution in [3.05, 3.63) is 27.7 Å². The van der Waals surface area contributed by atoms with Gasteiger partial charge in [0.2, 0.25) is 0 Å². The molecule has 0 saturated carbocycles. The molecule has 0 spiro atoms. The predicted octanol–water partition coefficient (Wildman–Crippen LogP) is 3.33. The number of carbonyl (C=O) groups excluding carboxylic acids is 2. The summed E-state index contributed by atoms with van der Waals surface area (Å²) in [4.78, 5) is 23.1. The number of halogens is 2. The molecule has 0 fully saturated rings. The van der Waals surface area contributed by atoms with Crippen LogP contribution >= 0.6 is 27.5 Å². The zero-order valence-corrected chi connectivity index (χ0v) is 14.9. The summed E-state index contributed by atoms with van der Waals surface area (Å²) in [5.74, 6) is -0.573. The summed E-state index contributed by atoms with van der Waals surface area (Å²) in [6.07, 6.45) is 1.86. The van der Waals surface area contributed by atoms with E-state index in [1.54, 1.807) is 18.2 Å². The van der Waals surface area contributed by atoms with Crippen molar-refractivity contribution in [1.82, 2.24) is 5.32 Å². The van der Waals surface area contributed by atoms with Gasteiger partial charge in [0.05, 0.1) is 5.02 Å². The predicted molar refractivity (Wildman–Crippen MR) is 88.1 cm³/mol. The fraction of sp³-hybridized carbons (Fsp3) is 0.467. The standard InChI is InChI=1S/C15H19BrClNO4/c1-3-4-10(2)18-14(19)8-22-15(20)9-21-13-6-5-11(16)7-12(13)17/h5-7,10H,3-4,8-9H2,1-2H3,(H,18,19)/t10-/m0/s1. The molecule has 1 N–H and O–H groups in total. The van der Waals surface area contributed by atoms with Crippen LogP contribution in [0.5, 0.6) is 5.75 Å². The average Bonchev–Trinajstić information content (AvgIpc) is 2.44. The summed E-state index contributed by atoms with van der Waals surface area (Å²) in [6, 6.07) is 5.10. The summed E-state index contributed by atoms with van der Waals surface area (Å²) < 4.78 is 10.9. The van der Waals surface area contributed by atoms with E-state index >= 15 is 0 Å². The number of hydrogen-bond acceptors (Lipinski definition) is 4. The molecule has 0 aliphatic heterocycles. The molecule has 7 heteroatoms. The van der Waals surface area contributed by atoms with Gasteiger partial charge in [-0.05, 0) is 31.5 Å². The maximum atomic E-state index is 11.5. The minimum absolute atomic E-state index is 0.0639. The largest absolute Gasteiger partial charge is 0.480 e. The van der Waals surface area contributed by atoms with Crippen LogP contribution in [0.4, 0.5) is 0 Å². The van der Waals surface area contributed by atoms with Crippen LogP contribution in [0.3, 0.4) is 0 Å². The van der Waals surface area contributed by atoms with E-state index in [1.807, 2.05) is 13.8 Å². The van der Waals surface area contributed by atoms with Gasteiger partial charge in [0.15, 0.2) is 13.2 Å². The number of carbonyl (C=O) groups is 2. The molecule has 0 heterocycles. The summed E-state index contributed by atoms with van der Waals surface area (Å²) in [6.45, 7) is 3.32. The maximum Gasteiger partial charge on any atom is 0.344 e. The SMILES string of the molecule is CCC[C@H](C)NC(=O)COC(=O)COc1ccc(Br)cc1Cl. The first-order chi connectivity index (χ1) is 10.4. The Morgan fingerprint density at radius 3 is 2.73 bits per heavy atom. The molecule has 0 saturated heterocycles. The summed E-state index contributed by atoms with van der Waals surface area (Å²) in [5, 5.41) is 3.12. The Morgan fingerprint density at radius 2 is 2.09 bits per heavy atom. The second kappa shape index (κ2) is 9.69. The molecule has 1 aromatic rings. The van der Waals surface area contributed by atoms with Crippen molar-refractivity contribution in [2.24, 2.45) is 0 Å². The van der Waals surface area contributed by atoms with Gasteiger partial charge in [-0.2, -0.15) is 0 Å². The molecule has 0 unspecified atom stereocenters. The molecule has 0 radical (unpaired) electrons. The molecule has 1 aromatic carbocycles. The van der Waals surface area contributed by atoms with Gasteiger partial charge in [-0.1, -0.05) is 40.9 Å². The van der Waals surface area contributed by atoms with Crippen LogP contribution in [0.15, 0.2) is 22.7 Å². The Bertz CT molecular complexity index is 524. The van der Waals surface area contributed by atoms with Crippen molar-refractivity contribution in [2.45, 2.75) is 32.7 Å². The number of rotatable bonds is 8. The smallest absolute Gasteiger partial charge is 0.344 e. The Labute approximate surface area is 143 Å². The lowest BCUT2D eigenvalue weighted by molar-refractivity contribution is -0.150. The van der Waals surface area contributed by atoms with E-state index in [2.05, 4.69) is 21.2 Å². The Hall–Kier alpha value is -1.27. The van der Waals surface area contributed by atoms with Crippen molar-refractivity contribution in [1.29, 1.82) is 0 Å². The summed E-state index contributed by atoms with van der Waals surface area (Å²) in [7, 11) is 0. The van der Waals surface area contributed by atoms with E-state index in [-0.39, 0.29) is 25.2 Å². The Balaban J connectivity index is 2.30. The fourth-order valence-corrected chi connectivity index (χ4v) is 2.47. The van der Waals surface area contributed by atoms with E-state index in [1.165, 1.54) is 0 Å². The first kappa shape index (κ1) is 18.8. The molecule has 0 aliphatic carbocycles. The molecule has 0 aromatic heterocycles. The molecule has 0 bridgehead atoms. The van der Waals surface area contributed by atoms with Crippen molar-refractivity contribution >= 4 is 39.4 Å². The number of ether oxygens (including phenoxy) is 2. The van der Waals surface area contributed by atoms with Gasteiger partial charge in [-0.3, -0.25) is 4.79 Å². The van der Waals surface area contributed by atoms with E-state index in [0.717, 1.165) is 17.3 Å². The maximum absolute atomic E-state index is 11.5. The first-order valence-electron chi connectivity index (χ1n) is 6.95. The van der Waals surface area contributed by atoms with Crippen LogP contribution in [-0.2, 0) is 14.3 Å². The van der Waals surface area contributed by atoms with Crippen LogP contribution in [0.2, 0.25) is 5.02 Å². The Morgan fingerprint density at radius 1 is 1.36 bits per heavy atom. The van der Waals surface area contributed by atoms with Crippen LogP contribution in [0, 0.1) is 0 Å². The number of esters is 1. The zero-order valence-electron chi connectivity index (χ0n) is 12.5. The molecule has 122 valence electrons. The van der Waals surface area contributed by atoms with Crippen LogP contribution < -0.4 is 10.1 Å². The number of amides is 1. The molecule has 5 nitrogen and oxygen atoms in total. The van der Waals surface area contributed by atoms with Gasteiger partial charge in [0.1, 0.15) is 5.75 Å². The van der Waals surface area contributed by atoms with Crippen LogP contribution in [-0.4, -0.2) is 31.1 Å². The van der Waals surface area contributed by atoms with Gasteiger partial charge >= 0.3 is 5.97 Å². The number of nitrogens with one attached hydrogen (secondary N) is 1. The lowest BCUT2D eigenvalue weighted by Gasteiger charge is -2.13. The second-order valence-electron chi connectivity index (χ2n) is 4.78. The molecular formula is C15H19BrClNO4. The topological polar surface area (TPSA) is 64.6 Å². The second-order valence-corrected chi connectivity index (χ2v) is 6.10. The van der Waals surface area contributed by atoms with E-state index in [4.69, 9.17) is 21.1 Å². The van der Waals surface area contributed by atoms with E-state index in [9.17, 15) is 9.59 Å². The zero-order chi connectivity index (χ0) is 16.5. The van der Waals surface area contributed by atoms with Crippen molar-refractivity contribution in [2.75, 3.05) is 13.2 Å². The van der Waals surface area contributed by atoms with Gasteiger partial charge in [0.25, 0.3) is 5.91 Å². The summed E-state index contributed by atoms with van der Waals surface area (Å²) >= 11 is 9.23. The molecule has 1 rings (SSSR count). The highest BCUT2D eigenvalue weighted by atomic mass is 79.9. The molecule has 22 heavy (non-hydrogen) atoms. The first-order valence-corrected chi connectivity index (χ1v) is 8.12. The highest BCUT2D eigenvalue weighted by Crippen LogP contribution is 2.27. The molecular weight excluding hydrogens is 374 g/mol. The van der Waals surface area contributed by atoms with Gasteiger partial charge < -0.3 is 14.8 Å². The van der Waals surface area contributed by atoms with Gasteiger partial charge in [0, 0.05) is 10.5 Å². The van der Waals surface area contributed by atoms with E-state index < -0.39 is 5.97 Å². The monoisotopic (exact) mass is 391 g/mol. The molecule has 1 atom stereocenters. The van der Waals surface area contributed by atoms with Crippen molar-refractivity contribution < 1.29 is 19.1 Å². The van der Waals surface area contributed by atoms with Crippen LogP contribution in [0.1, 0.15) is 26.7 Å². The fourth-order valence-electron chi connectivity index (χ4n) is 1.74.